The van der Waals surface area contributed by atoms with Gasteiger partial charge in [0.1, 0.15) is 5.76 Å². The largest absolute Gasteiger partial charge is 0.501 e. The smallest absolute Gasteiger partial charge is 0.251 e. The summed E-state index contributed by atoms with van der Waals surface area (Å²) < 4.78 is 10.1. The molecule has 1 atom stereocenters. The summed E-state index contributed by atoms with van der Waals surface area (Å²) in [7, 11) is 0. The molecule has 1 aromatic rings. The Balaban J connectivity index is 2.29. The van der Waals surface area contributed by atoms with Crippen molar-refractivity contribution in [2.75, 3.05) is 0 Å². The fourth-order valence-electron chi connectivity index (χ4n) is 1.26. The average Bonchev–Trinajstić information content (AvgIpc) is 2.66. The van der Waals surface area contributed by atoms with Gasteiger partial charge in [0.25, 0.3) is 5.78 Å². The minimum Gasteiger partial charge on any atom is -0.501 e. The van der Waals surface area contributed by atoms with Crippen molar-refractivity contribution < 1.29 is 19.1 Å². The monoisotopic (exact) mass is 195 g/mol. The number of ether oxygens (including phenoxy) is 1. The van der Waals surface area contributed by atoms with Crippen molar-refractivity contribution in [3.8, 4) is 0 Å². The molecule has 74 valence electrons. The van der Waals surface area contributed by atoms with Crippen LogP contribution in [0.1, 0.15) is 17.6 Å². The van der Waals surface area contributed by atoms with Crippen LogP contribution in [0.2, 0.25) is 0 Å². The number of aryl methyl sites for hydroxylation is 1. The standard InChI is InChI=1S/C9H9NO4/c1-4-2-3-5(13-4)8-6(11)7(12)9(10)14-8/h2-3,8,12H,10H2,1H3. The van der Waals surface area contributed by atoms with Gasteiger partial charge >= 0.3 is 0 Å². The highest BCUT2D eigenvalue weighted by Crippen LogP contribution is 2.30. The van der Waals surface area contributed by atoms with E-state index in [1.165, 1.54) is 0 Å². The molecular weight excluding hydrogens is 186 g/mol. The first kappa shape index (κ1) is 8.68. The number of carbonyl (C=O) groups excluding carboxylic acids is 1. The summed E-state index contributed by atoms with van der Waals surface area (Å²) in [6.45, 7) is 1.75. The molecule has 1 aliphatic rings. The second-order valence-corrected chi connectivity index (χ2v) is 3.02. The molecule has 2 rings (SSSR count). The van der Waals surface area contributed by atoms with Crippen molar-refractivity contribution in [1.82, 2.24) is 0 Å². The van der Waals surface area contributed by atoms with Gasteiger partial charge in [0.2, 0.25) is 17.7 Å². The Labute approximate surface area is 79.8 Å². The maximum absolute atomic E-state index is 11.4. The van der Waals surface area contributed by atoms with Gasteiger partial charge in [-0.3, -0.25) is 4.79 Å². The van der Waals surface area contributed by atoms with E-state index in [-0.39, 0.29) is 5.88 Å². The Morgan fingerprint density at radius 1 is 1.50 bits per heavy atom. The van der Waals surface area contributed by atoms with Crippen molar-refractivity contribution in [3.63, 3.8) is 0 Å². The zero-order valence-corrected chi connectivity index (χ0v) is 7.48. The van der Waals surface area contributed by atoms with Crippen LogP contribution in [0.25, 0.3) is 0 Å². The third kappa shape index (κ3) is 1.14. The van der Waals surface area contributed by atoms with E-state index in [2.05, 4.69) is 0 Å². The van der Waals surface area contributed by atoms with E-state index in [1.807, 2.05) is 0 Å². The average molecular weight is 195 g/mol. The molecule has 0 aliphatic carbocycles. The van der Waals surface area contributed by atoms with Gasteiger partial charge in [0.15, 0.2) is 5.76 Å². The van der Waals surface area contributed by atoms with Crippen molar-refractivity contribution in [1.29, 1.82) is 0 Å². The lowest BCUT2D eigenvalue weighted by Crippen LogP contribution is -2.08. The van der Waals surface area contributed by atoms with Gasteiger partial charge in [-0.25, -0.2) is 0 Å². The van der Waals surface area contributed by atoms with Crippen LogP contribution in [-0.4, -0.2) is 10.9 Å². The van der Waals surface area contributed by atoms with Gasteiger partial charge in [0, 0.05) is 0 Å². The number of hydrogen-bond acceptors (Lipinski definition) is 5. The molecule has 2 heterocycles. The maximum Gasteiger partial charge on any atom is 0.251 e. The molecule has 0 amide bonds. The highest BCUT2D eigenvalue weighted by Gasteiger charge is 2.37. The lowest BCUT2D eigenvalue weighted by Gasteiger charge is -2.05. The summed E-state index contributed by atoms with van der Waals surface area (Å²) in [4.78, 5) is 11.4. The zero-order valence-electron chi connectivity index (χ0n) is 7.48. The molecule has 5 heteroatoms. The first-order valence-electron chi connectivity index (χ1n) is 4.05. The molecule has 1 aliphatic heterocycles. The Morgan fingerprint density at radius 3 is 2.64 bits per heavy atom. The minimum absolute atomic E-state index is 0.256. The molecule has 1 unspecified atom stereocenters. The Hall–Kier alpha value is -1.91. The summed E-state index contributed by atoms with van der Waals surface area (Å²) in [6.07, 6.45) is -0.941. The van der Waals surface area contributed by atoms with Gasteiger partial charge in [-0.1, -0.05) is 0 Å². The molecule has 0 aromatic carbocycles. The second kappa shape index (κ2) is 2.80. The topological polar surface area (TPSA) is 85.7 Å². The number of aliphatic hydroxyl groups excluding tert-OH is 1. The predicted molar refractivity (Wildman–Crippen MR) is 46.1 cm³/mol. The van der Waals surface area contributed by atoms with E-state index < -0.39 is 17.6 Å². The molecule has 0 saturated carbocycles. The number of rotatable bonds is 1. The summed E-state index contributed by atoms with van der Waals surface area (Å²) in [6, 6.07) is 3.32. The highest BCUT2D eigenvalue weighted by atomic mass is 16.5. The molecule has 3 N–H and O–H groups in total. The summed E-state index contributed by atoms with van der Waals surface area (Å²) in [5, 5.41) is 9.14. The highest BCUT2D eigenvalue weighted by molar-refractivity contribution is 5.99. The molecule has 0 fully saturated rings. The minimum atomic E-state index is -0.941. The van der Waals surface area contributed by atoms with Crippen molar-refractivity contribution in [2.45, 2.75) is 13.0 Å². The van der Waals surface area contributed by atoms with Crippen molar-refractivity contribution in [2.24, 2.45) is 5.73 Å². The van der Waals surface area contributed by atoms with Crippen LogP contribution in [0.5, 0.6) is 0 Å². The molecule has 5 nitrogen and oxygen atoms in total. The van der Waals surface area contributed by atoms with Crippen molar-refractivity contribution >= 4 is 5.78 Å². The van der Waals surface area contributed by atoms with E-state index in [0.29, 0.717) is 11.5 Å². The van der Waals surface area contributed by atoms with Gasteiger partial charge in [0.05, 0.1) is 0 Å². The normalized spacial score (nSPS) is 21.5. The number of carbonyl (C=O) groups is 1. The first-order chi connectivity index (χ1) is 6.59. The first-order valence-corrected chi connectivity index (χ1v) is 4.05. The molecule has 0 bridgehead atoms. The van der Waals surface area contributed by atoms with E-state index in [4.69, 9.17) is 20.0 Å². The molecule has 0 saturated heterocycles. The summed E-state index contributed by atoms with van der Waals surface area (Å²) >= 11 is 0. The molecular formula is C9H9NO4. The quantitative estimate of drug-likeness (QED) is 0.695. The van der Waals surface area contributed by atoms with Gasteiger partial charge in [-0.15, -0.1) is 0 Å². The lowest BCUT2D eigenvalue weighted by molar-refractivity contribution is -0.124. The summed E-state index contributed by atoms with van der Waals surface area (Å²) in [5.41, 5.74) is 5.25. The van der Waals surface area contributed by atoms with Crippen LogP contribution in [0.3, 0.4) is 0 Å². The van der Waals surface area contributed by atoms with E-state index in [9.17, 15) is 4.79 Å². The van der Waals surface area contributed by atoms with E-state index >= 15 is 0 Å². The number of aliphatic hydroxyl groups is 1. The van der Waals surface area contributed by atoms with Crippen LogP contribution in [0.15, 0.2) is 28.2 Å². The van der Waals surface area contributed by atoms with Crippen LogP contribution >= 0.6 is 0 Å². The lowest BCUT2D eigenvalue weighted by atomic mass is 10.2. The van der Waals surface area contributed by atoms with Crippen LogP contribution < -0.4 is 5.73 Å². The van der Waals surface area contributed by atoms with Crippen LogP contribution in [0, 0.1) is 6.92 Å². The van der Waals surface area contributed by atoms with E-state index in [1.54, 1.807) is 19.1 Å². The fourth-order valence-corrected chi connectivity index (χ4v) is 1.26. The van der Waals surface area contributed by atoms with E-state index in [0.717, 1.165) is 0 Å². The maximum atomic E-state index is 11.4. The van der Waals surface area contributed by atoms with Crippen LogP contribution in [-0.2, 0) is 9.53 Å². The molecule has 14 heavy (non-hydrogen) atoms. The third-order valence-electron chi connectivity index (χ3n) is 1.97. The molecule has 1 aromatic heterocycles. The molecule has 0 radical (unpaired) electrons. The Kier molecular flexibility index (Phi) is 1.73. The van der Waals surface area contributed by atoms with Crippen LogP contribution in [0.4, 0.5) is 0 Å². The SMILES string of the molecule is Cc1ccc(C2OC(N)=C(O)C2=O)o1. The number of Topliss-reactive ketones (excluding diaryl/α,β-unsaturated/α-hetero) is 1. The summed E-state index contributed by atoms with van der Waals surface area (Å²) in [5.74, 6) is -0.351. The van der Waals surface area contributed by atoms with Gasteiger partial charge < -0.3 is 20.0 Å². The van der Waals surface area contributed by atoms with Crippen molar-refractivity contribution in [3.05, 3.63) is 35.3 Å². The third-order valence-corrected chi connectivity index (χ3v) is 1.97. The Bertz CT molecular complexity index is 418. The number of nitrogens with two attached hydrogens (primary N) is 1. The number of hydrogen-bond donors (Lipinski definition) is 2. The predicted octanol–water partition coefficient (Wildman–Crippen LogP) is 0.914. The number of furan rings is 1. The zero-order chi connectivity index (χ0) is 10.3. The molecule has 0 spiro atoms. The fraction of sp³-hybridized carbons (Fsp3) is 0.222. The van der Waals surface area contributed by atoms with Gasteiger partial charge in [-0.2, -0.15) is 0 Å². The second-order valence-electron chi connectivity index (χ2n) is 3.02. The van der Waals surface area contributed by atoms with Gasteiger partial charge in [-0.05, 0) is 19.1 Å². The Morgan fingerprint density at radius 2 is 2.21 bits per heavy atom. The number of ketones is 1.